The van der Waals surface area contributed by atoms with Crippen LogP contribution in [0.25, 0.3) is 0 Å². The van der Waals surface area contributed by atoms with Crippen molar-refractivity contribution in [3.8, 4) is 11.5 Å². The van der Waals surface area contributed by atoms with Crippen molar-refractivity contribution in [2.24, 2.45) is 0 Å². The van der Waals surface area contributed by atoms with Gasteiger partial charge in [-0.05, 0) is 49.2 Å². The van der Waals surface area contributed by atoms with Crippen LogP contribution in [0.4, 0.5) is 5.69 Å². The van der Waals surface area contributed by atoms with E-state index in [1.54, 1.807) is 7.11 Å². The Morgan fingerprint density at radius 3 is 2.59 bits per heavy atom. The van der Waals surface area contributed by atoms with Crippen LogP contribution >= 0.6 is 23.2 Å². The van der Waals surface area contributed by atoms with Crippen molar-refractivity contribution in [3.05, 3.63) is 51.5 Å². The molecule has 2 aromatic carbocycles. The largest absolute Gasteiger partial charge is 0.491 e. The van der Waals surface area contributed by atoms with Crippen molar-refractivity contribution >= 4 is 28.9 Å². The van der Waals surface area contributed by atoms with E-state index in [2.05, 4.69) is 5.32 Å². The summed E-state index contributed by atoms with van der Waals surface area (Å²) in [6, 6.07) is 9.57. The Bertz CT molecular complexity index is 659. The highest BCUT2D eigenvalue weighted by Crippen LogP contribution is 2.36. The lowest BCUT2D eigenvalue weighted by atomic mass is 10.1. The molecule has 0 fully saturated rings. The van der Waals surface area contributed by atoms with Gasteiger partial charge in [-0.3, -0.25) is 0 Å². The quantitative estimate of drug-likeness (QED) is 0.772. The zero-order valence-corrected chi connectivity index (χ0v) is 14.4. The first-order chi connectivity index (χ1) is 10.5. The van der Waals surface area contributed by atoms with Crippen LogP contribution in [0.3, 0.4) is 0 Å². The van der Waals surface area contributed by atoms with Crippen molar-refractivity contribution < 1.29 is 9.47 Å². The molecule has 1 N–H and O–H groups in total. The summed E-state index contributed by atoms with van der Waals surface area (Å²) in [4.78, 5) is 0. The lowest BCUT2D eigenvalue weighted by molar-refractivity contribution is 0.310. The van der Waals surface area contributed by atoms with Gasteiger partial charge in [-0.2, -0.15) is 0 Å². The number of ether oxygens (including phenoxy) is 2. The van der Waals surface area contributed by atoms with Crippen molar-refractivity contribution in [3.63, 3.8) is 0 Å². The van der Waals surface area contributed by atoms with Gasteiger partial charge in [0.15, 0.2) is 11.5 Å². The van der Waals surface area contributed by atoms with Crippen LogP contribution in [0.15, 0.2) is 30.3 Å². The van der Waals surface area contributed by atoms with Crippen LogP contribution in [-0.4, -0.2) is 13.7 Å². The van der Waals surface area contributed by atoms with Gasteiger partial charge in [0.2, 0.25) is 0 Å². The van der Waals surface area contributed by atoms with E-state index in [-0.39, 0.29) is 0 Å². The first kappa shape index (κ1) is 16.8. The maximum Gasteiger partial charge on any atom is 0.179 e. The second-order valence-corrected chi connectivity index (χ2v) is 5.70. The number of hydrogen-bond donors (Lipinski definition) is 1. The minimum absolute atomic E-state index is 0.535. The molecular weight excluding hydrogens is 321 g/mol. The van der Waals surface area contributed by atoms with E-state index in [0.717, 1.165) is 16.8 Å². The van der Waals surface area contributed by atoms with E-state index in [4.69, 9.17) is 32.7 Å². The van der Waals surface area contributed by atoms with Crippen LogP contribution in [0, 0.1) is 6.92 Å². The third kappa shape index (κ3) is 3.99. The smallest absolute Gasteiger partial charge is 0.179 e. The Hall–Kier alpha value is -1.58. The summed E-state index contributed by atoms with van der Waals surface area (Å²) in [6.07, 6.45) is 0. The number of nitrogens with one attached hydrogen (secondary N) is 1. The Morgan fingerprint density at radius 1 is 1.14 bits per heavy atom. The number of benzene rings is 2. The van der Waals surface area contributed by atoms with Gasteiger partial charge >= 0.3 is 0 Å². The molecule has 0 saturated carbocycles. The molecule has 0 atom stereocenters. The van der Waals surface area contributed by atoms with Gasteiger partial charge in [-0.1, -0.05) is 29.3 Å². The molecular formula is C17H19Cl2NO2. The summed E-state index contributed by atoms with van der Waals surface area (Å²) in [5, 5.41) is 4.60. The highest BCUT2D eigenvalue weighted by molar-refractivity contribution is 6.32. The normalized spacial score (nSPS) is 10.4. The monoisotopic (exact) mass is 339 g/mol. The number of aryl methyl sites for hydroxylation is 1. The molecule has 5 heteroatoms. The zero-order chi connectivity index (χ0) is 16.1. The molecule has 0 bridgehead atoms. The average Bonchev–Trinajstić information content (AvgIpc) is 2.48. The zero-order valence-electron chi connectivity index (χ0n) is 12.9. The van der Waals surface area contributed by atoms with Gasteiger partial charge in [-0.25, -0.2) is 0 Å². The molecule has 0 aliphatic rings. The van der Waals surface area contributed by atoms with E-state index in [0.29, 0.717) is 34.7 Å². The molecule has 0 amide bonds. The van der Waals surface area contributed by atoms with Crippen LogP contribution < -0.4 is 14.8 Å². The minimum Gasteiger partial charge on any atom is -0.491 e. The summed E-state index contributed by atoms with van der Waals surface area (Å²) >= 11 is 12.3. The van der Waals surface area contributed by atoms with Gasteiger partial charge in [0, 0.05) is 17.3 Å². The van der Waals surface area contributed by atoms with Gasteiger partial charge in [-0.15, -0.1) is 0 Å². The van der Waals surface area contributed by atoms with Gasteiger partial charge in [0.25, 0.3) is 0 Å². The molecule has 0 radical (unpaired) electrons. The van der Waals surface area contributed by atoms with E-state index in [1.807, 2.05) is 44.2 Å². The maximum atomic E-state index is 6.25. The van der Waals surface area contributed by atoms with E-state index in [9.17, 15) is 0 Å². The Kier molecular flexibility index (Phi) is 5.81. The first-order valence-corrected chi connectivity index (χ1v) is 7.80. The van der Waals surface area contributed by atoms with Crippen molar-refractivity contribution in [2.75, 3.05) is 19.0 Å². The average molecular weight is 340 g/mol. The van der Waals surface area contributed by atoms with Gasteiger partial charge in [0.05, 0.1) is 18.7 Å². The Labute approximate surface area is 141 Å². The molecule has 118 valence electrons. The SMILES string of the molecule is CCOc1cc(CNc2cc(Cl)ccc2C)cc(Cl)c1OC. The molecule has 0 saturated heterocycles. The summed E-state index contributed by atoms with van der Waals surface area (Å²) in [5.74, 6) is 1.21. The van der Waals surface area contributed by atoms with Gasteiger partial charge < -0.3 is 14.8 Å². The number of methoxy groups -OCH3 is 1. The van der Waals surface area contributed by atoms with Crippen LogP contribution in [0.1, 0.15) is 18.1 Å². The molecule has 0 aliphatic carbocycles. The number of halogens is 2. The predicted octanol–water partition coefficient (Wildman–Crippen LogP) is 5.32. The summed E-state index contributed by atoms with van der Waals surface area (Å²) < 4.78 is 10.9. The van der Waals surface area contributed by atoms with Crippen molar-refractivity contribution in [1.82, 2.24) is 0 Å². The van der Waals surface area contributed by atoms with Crippen LogP contribution in [0.5, 0.6) is 11.5 Å². The van der Waals surface area contributed by atoms with E-state index in [1.165, 1.54) is 0 Å². The molecule has 2 rings (SSSR count). The molecule has 0 aliphatic heterocycles. The second-order valence-electron chi connectivity index (χ2n) is 4.85. The van der Waals surface area contributed by atoms with E-state index >= 15 is 0 Å². The third-order valence-electron chi connectivity index (χ3n) is 3.26. The van der Waals surface area contributed by atoms with E-state index < -0.39 is 0 Å². The lowest BCUT2D eigenvalue weighted by Gasteiger charge is -2.14. The van der Waals surface area contributed by atoms with Crippen molar-refractivity contribution in [1.29, 1.82) is 0 Å². The third-order valence-corrected chi connectivity index (χ3v) is 3.77. The molecule has 22 heavy (non-hydrogen) atoms. The summed E-state index contributed by atoms with van der Waals surface area (Å²) in [5.41, 5.74) is 3.14. The highest BCUT2D eigenvalue weighted by Gasteiger charge is 2.11. The molecule has 0 spiro atoms. The standard InChI is InChI=1S/C17H19Cl2NO2/c1-4-22-16-8-12(7-14(19)17(16)21-3)10-20-15-9-13(18)6-5-11(15)2/h5-9,20H,4,10H2,1-3H3. The summed E-state index contributed by atoms with van der Waals surface area (Å²) in [7, 11) is 1.58. The van der Waals surface area contributed by atoms with Crippen molar-refractivity contribution in [2.45, 2.75) is 20.4 Å². The topological polar surface area (TPSA) is 30.5 Å². The number of hydrogen-bond acceptors (Lipinski definition) is 3. The lowest BCUT2D eigenvalue weighted by Crippen LogP contribution is -2.03. The Balaban J connectivity index is 2.21. The fourth-order valence-electron chi connectivity index (χ4n) is 2.17. The number of anilines is 1. The molecule has 3 nitrogen and oxygen atoms in total. The molecule has 2 aromatic rings. The fourth-order valence-corrected chi connectivity index (χ4v) is 2.65. The molecule has 0 heterocycles. The number of rotatable bonds is 6. The Morgan fingerprint density at radius 2 is 1.91 bits per heavy atom. The second kappa shape index (κ2) is 7.61. The minimum atomic E-state index is 0.535. The highest BCUT2D eigenvalue weighted by atomic mass is 35.5. The molecule has 0 unspecified atom stereocenters. The molecule has 0 aromatic heterocycles. The van der Waals surface area contributed by atoms with Crippen LogP contribution in [-0.2, 0) is 6.54 Å². The maximum absolute atomic E-state index is 6.25. The van der Waals surface area contributed by atoms with Crippen LogP contribution in [0.2, 0.25) is 10.0 Å². The summed E-state index contributed by atoms with van der Waals surface area (Å²) in [6.45, 7) is 5.13. The predicted molar refractivity (Wildman–Crippen MR) is 92.7 cm³/mol. The fraction of sp³-hybridized carbons (Fsp3) is 0.294. The van der Waals surface area contributed by atoms with Gasteiger partial charge in [0.1, 0.15) is 0 Å². The first-order valence-electron chi connectivity index (χ1n) is 7.04.